The average molecular weight is 383 g/mol. The summed E-state index contributed by atoms with van der Waals surface area (Å²) in [7, 11) is 0. The van der Waals surface area contributed by atoms with Gasteiger partial charge in [-0.1, -0.05) is 12.1 Å². The Morgan fingerprint density at radius 2 is 1.93 bits per heavy atom. The number of hydrogen-bond acceptors (Lipinski definition) is 5. The second-order valence-electron chi connectivity index (χ2n) is 7.37. The summed E-state index contributed by atoms with van der Waals surface area (Å²) < 4.78 is 10.9. The number of carbonyl (C=O) groups is 2. The number of nitrogens with one attached hydrogen (secondary N) is 1. The summed E-state index contributed by atoms with van der Waals surface area (Å²) in [5, 5.41) is 3.13. The van der Waals surface area contributed by atoms with Gasteiger partial charge in [-0.05, 0) is 44.0 Å². The molecule has 4 rings (SSSR count). The van der Waals surface area contributed by atoms with Crippen molar-refractivity contribution in [3.05, 3.63) is 48.4 Å². The Kier molecular flexibility index (Phi) is 5.23. The van der Waals surface area contributed by atoms with Crippen LogP contribution in [0, 0.1) is 0 Å². The van der Waals surface area contributed by atoms with Crippen LogP contribution in [0.4, 0.5) is 5.69 Å². The number of nitrogens with zero attached hydrogens (tertiary/aromatic N) is 2. The number of carbonyl (C=O) groups excluding carboxylic acids is 2. The molecule has 1 aromatic carbocycles. The first kappa shape index (κ1) is 18.4. The summed E-state index contributed by atoms with van der Waals surface area (Å²) in [6.45, 7) is 4.15. The van der Waals surface area contributed by atoms with Gasteiger partial charge in [0.15, 0.2) is 5.76 Å². The van der Waals surface area contributed by atoms with Gasteiger partial charge in [-0.25, -0.2) is 0 Å². The van der Waals surface area contributed by atoms with E-state index in [4.69, 9.17) is 9.15 Å². The first-order valence-corrected chi connectivity index (χ1v) is 9.72. The Morgan fingerprint density at radius 1 is 1.14 bits per heavy atom. The standard InChI is InChI=1S/C21H25N3O4/c1-15-14-28-18-6-3-2-5-17(18)24(15)13-20(25)22-16-8-10-23(11-9-16)21(26)19-7-4-12-27-19/h2-7,12,15-16H,8-11,13-14H2,1H3,(H,22,25)/t15-/m1/s1. The third-order valence-corrected chi connectivity index (χ3v) is 5.38. The second kappa shape index (κ2) is 7.96. The highest BCUT2D eigenvalue weighted by Gasteiger charge is 2.28. The molecule has 2 aromatic rings. The molecule has 1 saturated heterocycles. The molecule has 1 N–H and O–H groups in total. The molecule has 28 heavy (non-hydrogen) atoms. The van der Waals surface area contributed by atoms with Crippen LogP contribution in [-0.2, 0) is 4.79 Å². The minimum Gasteiger partial charge on any atom is -0.489 e. The van der Waals surface area contributed by atoms with E-state index in [1.165, 1.54) is 6.26 Å². The van der Waals surface area contributed by atoms with Gasteiger partial charge in [-0.2, -0.15) is 0 Å². The van der Waals surface area contributed by atoms with Crippen molar-refractivity contribution in [2.75, 3.05) is 31.1 Å². The van der Waals surface area contributed by atoms with E-state index in [9.17, 15) is 9.59 Å². The summed E-state index contributed by atoms with van der Waals surface area (Å²) in [5.41, 5.74) is 0.954. The number of ether oxygens (including phenoxy) is 1. The van der Waals surface area contributed by atoms with E-state index >= 15 is 0 Å². The third kappa shape index (κ3) is 3.83. The van der Waals surface area contributed by atoms with Crippen LogP contribution < -0.4 is 15.0 Å². The molecule has 7 heteroatoms. The molecule has 3 heterocycles. The van der Waals surface area contributed by atoms with E-state index in [1.54, 1.807) is 17.0 Å². The lowest BCUT2D eigenvalue weighted by Gasteiger charge is -2.37. The number of furan rings is 1. The Morgan fingerprint density at radius 3 is 2.68 bits per heavy atom. The summed E-state index contributed by atoms with van der Waals surface area (Å²) >= 11 is 0. The predicted octanol–water partition coefficient (Wildman–Crippen LogP) is 2.29. The van der Waals surface area contributed by atoms with Gasteiger partial charge in [0.2, 0.25) is 5.91 Å². The van der Waals surface area contributed by atoms with Crippen LogP contribution in [0.2, 0.25) is 0 Å². The van der Waals surface area contributed by atoms with E-state index < -0.39 is 0 Å². The lowest BCUT2D eigenvalue weighted by molar-refractivity contribution is -0.120. The van der Waals surface area contributed by atoms with Gasteiger partial charge in [0.05, 0.1) is 24.5 Å². The van der Waals surface area contributed by atoms with Gasteiger partial charge in [-0.3, -0.25) is 9.59 Å². The van der Waals surface area contributed by atoms with Gasteiger partial charge >= 0.3 is 0 Å². The molecule has 1 fully saturated rings. The molecule has 148 valence electrons. The molecule has 0 bridgehead atoms. The Balaban J connectivity index is 1.30. The molecule has 2 aliphatic rings. The molecular weight excluding hydrogens is 358 g/mol. The fraction of sp³-hybridized carbons (Fsp3) is 0.429. The topological polar surface area (TPSA) is 75.0 Å². The van der Waals surface area contributed by atoms with Crippen LogP contribution in [0.25, 0.3) is 0 Å². The van der Waals surface area contributed by atoms with Crippen molar-refractivity contribution in [3.8, 4) is 5.75 Å². The first-order valence-electron chi connectivity index (χ1n) is 9.72. The maximum absolute atomic E-state index is 12.6. The summed E-state index contributed by atoms with van der Waals surface area (Å²) in [5.74, 6) is 1.09. The molecule has 2 aliphatic heterocycles. The SMILES string of the molecule is C[C@@H]1COc2ccccc2N1CC(=O)NC1CCN(C(=O)c2ccco2)CC1. The molecule has 7 nitrogen and oxygen atoms in total. The highest BCUT2D eigenvalue weighted by atomic mass is 16.5. The Bertz CT molecular complexity index is 828. The van der Waals surface area contributed by atoms with Crippen molar-refractivity contribution in [2.45, 2.75) is 31.8 Å². The monoisotopic (exact) mass is 383 g/mol. The molecule has 0 aliphatic carbocycles. The lowest BCUT2D eigenvalue weighted by atomic mass is 10.0. The van der Waals surface area contributed by atoms with Crippen molar-refractivity contribution in [2.24, 2.45) is 0 Å². The van der Waals surface area contributed by atoms with Crippen LogP contribution in [-0.4, -0.2) is 55.0 Å². The van der Waals surface area contributed by atoms with E-state index in [0.717, 1.165) is 24.3 Å². The van der Waals surface area contributed by atoms with Crippen molar-refractivity contribution in [1.29, 1.82) is 0 Å². The van der Waals surface area contributed by atoms with Crippen molar-refractivity contribution < 1.29 is 18.7 Å². The van der Waals surface area contributed by atoms with Crippen LogP contribution in [0.5, 0.6) is 5.75 Å². The van der Waals surface area contributed by atoms with E-state index in [2.05, 4.69) is 17.1 Å². The molecule has 1 aromatic heterocycles. The summed E-state index contributed by atoms with van der Waals surface area (Å²) in [6, 6.07) is 11.4. The average Bonchev–Trinajstić information content (AvgIpc) is 3.25. The van der Waals surface area contributed by atoms with Crippen molar-refractivity contribution in [1.82, 2.24) is 10.2 Å². The van der Waals surface area contributed by atoms with E-state index in [1.807, 2.05) is 24.3 Å². The van der Waals surface area contributed by atoms with E-state index in [-0.39, 0.29) is 23.9 Å². The van der Waals surface area contributed by atoms with E-state index in [0.29, 0.717) is 32.0 Å². The maximum atomic E-state index is 12.6. The lowest BCUT2D eigenvalue weighted by Crippen LogP contribution is -2.51. The van der Waals surface area contributed by atoms with Gasteiger partial charge < -0.3 is 24.3 Å². The molecule has 2 amide bonds. The number of hydrogen-bond donors (Lipinski definition) is 1. The maximum Gasteiger partial charge on any atom is 0.289 e. The normalized spacial score (nSPS) is 19.7. The van der Waals surface area contributed by atoms with Crippen LogP contribution in [0.15, 0.2) is 47.1 Å². The molecule has 0 radical (unpaired) electrons. The van der Waals surface area contributed by atoms with Gasteiger partial charge in [-0.15, -0.1) is 0 Å². The van der Waals surface area contributed by atoms with Gasteiger partial charge in [0.1, 0.15) is 12.4 Å². The molecule has 0 saturated carbocycles. The highest BCUT2D eigenvalue weighted by Crippen LogP contribution is 2.33. The quantitative estimate of drug-likeness (QED) is 0.877. The van der Waals surface area contributed by atoms with Crippen molar-refractivity contribution >= 4 is 17.5 Å². The Hall–Kier alpha value is -2.96. The molecule has 0 spiro atoms. The zero-order valence-electron chi connectivity index (χ0n) is 16.0. The third-order valence-electron chi connectivity index (χ3n) is 5.38. The number of piperidine rings is 1. The largest absolute Gasteiger partial charge is 0.489 e. The van der Waals surface area contributed by atoms with Crippen molar-refractivity contribution in [3.63, 3.8) is 0 Å². The molecule has 0 unspecified atom stereocenters. The highest BCUT2D eigenvalue weighted by molar-refractivity contribution is 5.91. The van der Waals surface area contributed by atoms with Crippen LogP contribution in [0.1, 0.15) is 30.3 Å². The second-order valence-corrected chi connectivity index (χ2v) is 7.37. The van der Waals surface area contributed by atoms with Gasteiger partial charge in [0.25, 0.3) is 5.91 Å². The minimum atomic E-state index is -0.0893. The smallest absolute Gasteiger partial charge is 0.289 e. The molecule has 1 atom stereocenters. The van der Waals surface area contributed by atoms with Crippen LogP contribution in [0.3, 0.4) is 0 Å². The number of anilines is 1. The number of fused-ring (bicyclic) bond motifs is 1. The first-order chi connectivity index (χ1) is 13.6. The predicted molar refractivity (Wildman–Crippen MR) is 105 cm³/mol. The molecular formula is C21H25N3O4. The number of amides is 2. The number of benzene rings is 1. The zero-order valence-corrected chi connectivity index (χ0v) is 16.0. The fourth-order valence-corrected chi connectivity index (χ4v) is 3.81. The summed E-state index contributed by atoms with van der Waals surface area (Å²) in [6.07, 6.45) is 2.99. The number of likely N-dealkylation sites (tertiary alicyclic amines) is 1. The Labute approximate surface area is 164 Å². The zero-order chi connectivity index (χ0) is 19.5. The fourth-order valence-electron chi connectivity index (χ4n) is 3.81. The van der Waals surface area contributed by atoms with Crippen LogP contribution >= 0.6 is 0 Å². The minimum absolute atomic E-state index is 0.000589. The van der Waals surface area contributed by atoms with Gasteiger partial charge in [0, 0.05) is 19.1 Å². The summed E-state index contributed by atoms with van der Waals surface area (Å²) in [4.78, 5) is 28.8. The number of rotatable bonds is 4. The number of para-hydroxylation sites is 2.